The van der Waals surface area contributed by atoms with Crippen molar-refractivity contribution in [3.05, 3.63) is 64.2 Å². The van der Waals surface area contributed by atoms with Crippen LogP contribution in [0.5, 0.6) is 11.5 Å². The van der Waals surface area contributed by atoms with E-state index in [1.165, 1.54) is 18.2 Å². The molecule has 0 atom stereocenters. The molecule has 0 saturated heterocycles. The van der Waals surface area contributed by atoms with Gasteiger partial charge in [-0.25, -0.2) is 0 Å². The smallest absolute Gasteiger partial charge is 0.296 e. The predicted molar refractivity (Wildman–Crippen MR) is 109 cm³/mol. The molecule has 2 aromatic rings. The van der Waals surface area contributed by atoms with E-state index >= 15 is 0 Å². The largest absolute Gasteiger partial charge is 0.494 e. The summed E-state index contributed by atoms with van der Waals surface area (Å²) in [5.74, 6) is 0.702. The number of carbonyl (C=O) groups is 1. The Hall–Kier alpha value is -3.35. The van der Waals surface area contributed by atoms with Crippen LogP contribution in [0.25, 0.3) is 6.08 Å². The van der Waals surface area contributed by atoms with Gasteiger partial charge in [0.25, 0.3) is 5.69 Å². The molecule has 0 fully saturated rings. The summed E-state index contributed by atoms with van der Waals surface area (Å²) < 4.78 is 10.9. The first-order valence-electron chi connectivity index (χ1n) is 9.16. The van der Waals surface area contributed by atoms with E-state index in [-0.39, 0.29) is 11.4 Å². The Kier molecular flexibility index (Phi) is 8.02. The molecule has 0 aliphatic rings. The number of ether oxygens (including phenoxy) is 2. The Morgan fingerprint density at radius 3 is 2.25 bits per heavy atom. The summed E-state index contributed by atoms with van der Waals surface area (Å²) in [6.45, 7) is 5.10. The van der Waals surface area contributed by atoms with Crippen molar-refractivity contribution >= 4 is 23.4 Å². The van der Waals surface area contributed by atoms with Crippen molar-refractivity contribution in [3.8, 4) is 11.5 Å². The van der Waals surface area contributed by atoms with Gasteiger partial charge in [0, 0.05) is 6.08 Å². The minimum atomic E-state index is -0.548. The van der Waals surface area contributed by atoms with E-state index in [1.807, 2.05) is 38.1 Å². The maximum absolute atomic E-state index is 12.1. The van der Waals surface area contributed by atoms with E-state index in [1.54, 1.807) is 12.1 Å². The van der Waals surface area contributed by atoms with E-state index < -0.39 is 10.8 Å². The van der Waals surface area contributed by atoms with Crippen LogP contribution in [0.1, 0.15) is 32.3 Å². The van der Waals surface area contributed by atoms with Crippen molar-refractivity contribution in [2.24, 2.45) is 0 Å². The molecule has 0 bridgehead atoms. The minimum Gasteiger partial charge on any atom is -0.494 e. The molecule has 2 rings (SSSR count). The molecule has 0 saturated carbocycles. The van der Waals surface area contributed by atoms with Gasteiger partial charge in [0.05, 0.1) is 24.2 Å². The molecule has 0 aliphatic carbocycles. The number of nitro groups is 1. The summed E-state index contributed by atoms with van der Waals surface area (Å²) in [7, 11) is 0. The van der Waals surface area contributed by atoms with Crippen LogP contribution in [-0.4, -0.2) is 24.0 Å². The molecule has 7 nitrogen and oxygen atoms in total. The van der Waals surface area contributed by atoms with Crippen molar-refractivity contribution in [2.45, 2.75) is 26.7 Å². The van der Waals surface area contributed by atoms with Crippen LogP contribution in [0.3, 0.4) is 0 Å². The van der Waals surface area contributed by atoms with E-state index in [2.05, 4.69) is 5.32 Å². The third kappa shape index (κ3) is 6.42. The summed E-state index contributed by atoms with van der Waals surface area (Å²) >= 11 is 0. The van der Waals surface area contributed by atoms with Gasteiger partial charge in [-0.15, -0.1) is 0 Å². The zero-order valence-electron chi connectivity index (χ0n) is 16.0. The second kappa shape index (κ2) is 10.7. The standard InChI is InChI=1S/C21H24N2O5/c1-3-13-27-17-8-5-16(6-9-17)7-12-21(24)22-19-11-10-18(28-14-4-2)15-20(19)23(25)26/h5-12,15H,3-4,13-14H2,1-2H3,(H,22,24)/b12-7+. The third-order valence-corrected chi connectivity index (χ3v) is 3.68. The highest BCUT2D eigenvalue weighted by atomic mass is 16.6. The fraction of sp³-hybridized carbons (Fsp3) is 0.286. The van der Waals surface area contributed by atoms with Crippen LogP contribution in [0.4, 0.5) is 11.4 Å². The maximum atomic E-state index is 12.1. The molecule has 0 unspecified atom stereocenters. The Morgan fingerprint density at radius 1 is 1.04 bits per heavy atom. The van der Waals surface area contributed by atoms with E-state index in [0.29, 0.717) is 19.0 Å². The fourth-order valence-corrected chi connectivity index (χ4v) is 2.32. The Bertz CT molecular complexity index is 831. The highest BCUT2D eigenvalue weighted by molar-refractivity contribution is 6.03. The zero-order chi connectivity index (χ0) is 20.4. The molecule has 0 radical (unpaired) electrons. The highest BCUT2D eigenvalue weighted by Gasteiger charge is 2.16. The molecule has 28 heavy (non-hydrogen) atoms. The van der Waals surface area contributed by atoms with Gasteiger partial charge in [-0.2, -0.15) is 0 Å². The van der Waals surface area contributed by atoms with E-state index in [9.17, 15) is 14.9 Å². The van der Waals surface area contributed by atoms with Crippen LogP contribution in [0.2, 0.25) is 0 Å². The number of nitrogens with one attached hydrogen (secondary N) is 1. The first-order valence-corrected chi connectivity index (χ1v) is 9.16. The average molecular weight is 384 g/mol. The Balaban J connectivity index is 2.03. The van der Waals surface area contributed by atoms with Crippen molar-refractivity contribution < 1.29 is 19.2 Å². The predicted octanol–water partition coefficient (Wildman–Crippen LogP) is 4.82. The maximum Gasteiger partial charge on any atom is 0.296 e. The molecule has 148 valence electrons. The second-order valence-corrected chi connectivity index (χ2v) is 6.02. The van der Waals surface area contributed by atoms with Crippen LogP contribution in [-0.2, 0) is 4.79 Å². The minimum absolute atomic E-state index is 0.117. The highest BCUT2D eigenvalue weighted by Crippen LogP contribution is 2.29. The Labute approximate surface area is 164 Å². The number of nitrogens with zero attached hydrogens (tertiary/aromatic N) is 1. The van der Waals surface area contributed by atoms with Crippen molar-refractivity contribution in [1.82, 2.24) is 0 Å². The number of carbonyl (C=O) groups excluding carboxylic acids is 1. The molecule has 7 heteroatoms. The van der Waals surface area contributed by atoms with Crippen molar-refractivity contribution in [1.29, 1.82) is 0 Å². The second-order valence-electron chi connectivity index (χ2n) is 6.02. The number of amides is 1. The van der Waals surface area contributed by atoms with Crippen LogP contribution in [0, 0.1) is 10.1 Å². The van der Waals surface area contributed by atoms with Crippen molar-refractivity contribution in [3.63, 3.8) is 0 Å². The number of hydrogen-bond donors (Lipinski definition) is 1. The SMILES string of the molecule is CCCOc1ccc(/C=C/C(=O)Nc2ccc(OCCC)cc2[N+](=O)[O-])cc1. The molecule has 0 spiro atoms. The molecule has 0 aliphatic heterocycles. The van der Waals surface area contributed by atoms with Gasteiger partial charge in [-0.05, 0) is 48.7 Å². The normalized spacial score (nSPS) is 10.6. The summed E-state index contributed by atoms with van der Waals surface area (Å²) in [4.78, 5) is 22.9. The first kappa shape index (κ1) is 21.0. The zero-order valence-corrected chi connectivity index (χ0v) is 16.0. The van der Waals surface area contributed by atoms with Gasteiger partial charge in [0.1, 0.15) is 17.2 Å². The van der Waals surface area contributed by atoms with Crippen molar-refractivity contribution in [2.75, 3.05) is 18.5 Å². The summed E-state index contributed by atoms with van der Waals surface area (Å²) in [5, 5.41) is 13.8. The van der Waals surface area contributed by atoms with Gasteiger partial charge in [0.2, 0.25) is 5.91 Å². The number of benzene rings is 2. The van der Waals surface area contributed by atoms with Gasteiger partial charge in [0.15, 0.2) is 0 Å². The number of anilines is 1. The lowest BCUT2D eigenvalue weighted by Gasteiger charge is -2.07. The van der Waals surface area contributed by atoms with Crippen LogP contribution in [0.15, 0.2) is 48.5 Å². The third-order valence-electron chi connectivity index (χ3n) is 3.68. The van der Waals surface area contributed by atoms with Gasteiger partial charge >= 0.3 is 0 Å². The number of nitro benzene ring substituents is 1. The molecule has 0 aromatic heterocycles. The summed E-state index contributed by atoms with van der Waals surface area (Å²) in [6.07, 6.45) is 4.68. The molecule has 2 aromatic carbocycles. The molecule has 0 heterocycles. The molecule has 1 N–H and O–H groups in total. The summed E-state index contributed by atoms with van der Waals surface area (Å²) in [6, 6.07) is 11.7. The number of rotatable bonds is 10. The summed E-state index contributed by atoms with van der Waals surface area (Å²) in [5.41, 5.74) is 0.719. The lowest BCUT2D eigenvalue weighted by Crippen LogP contribution is -2.10. The molecular weight excluding hydrogens is 360 g/mol. The van der Waals surface area contributed by atoms with Gasteiger partial charge < -0.3 is 14.8 Å². The van der Waals surface area contributed by atoms with Gasteiger partial charge in [-0.1, -0.05) is 26.0 Å². The average Bonchev–Trinajstić information content (AvgIpc) is 2.70. The van der Waals surface area contributed by atoms with Crippen LogP contribution >= 0.6 is 0 Å². The topological polar surface area (TPSA) is 90.7 Å². The van der Waals surface area contributed by atoms with Crippen LogP contribution < -0.4 is 14.8 Å². The first-order chi connectivity index (χ1) is 13.5. The lowest BCUT2D eigenvalue weighted by molar-refractivity contribution is -0.384. The quantitative estimate of drug-likeness (QED) is 0.360. The molecular formula is C21H24N2O5. The Morgan fingerprint density at radius 2 is 1.64 bits per heavy atom. The molecule has 1 amide bonds. The number of hydrogen-bond acceptors (Lipinski definition) is 5. The van der Waals surface area contributed by atoms with E-state index in [0.717, 1.165) is 24.2 Å². The lowest BCUT2D eigenvalue weighted by atomic mass is 10.2. The van der Waals surface area contributed by atoms with Gasteiger partial charge in [-0.3, -0.25) is 14.9 Å². The monoisotopic (exact) mass is 384 g/mol. The fourth-order valence-electron chi connectivity index (χ4n) is 2.32. The van der Waals surface area contributed by atoms with E-state index in [4.69, 9.17) is 9.47 Å².